The Balaban J connectivity index is 1.38. The molecule has 2 aromatic rings. The molecule has 1 amide bonds. The second kappa shape index (κ2) is 8.45. The zero-order valence-electron chi connectivity index (χ0n) is 17.6. The lowest BCUT2D eigenvalue weighted by Gasteiger charge is -2.17. The van der Waals surface area contributed by atoms with E-state index in [1.54, 1.807) is 19.2 Å². The summed E-state index contributed by atoms with van der Waals surface area (Å²) >= 11 is 0. The van der Waals surface area contributed by atoms with E-state index in [2.05, 4.69) is 20.6 Å². The van der Waals surface area contributed by atoms with Crippen molar-refractivity contribution in [1.29, 1.82) is 0 Å². The summed E-state index contributed by atoms with van der Waals surface area (Å²) in [6.45, 7) is 4.72. The van der Waals surface area contributed by atoms with Crippen LogP contribution in [0, 0.1) is 31.6 Å². The molecule has 0 aliphatic heterocycles. The van der Waals surface area contributed by atoms with Crippen LogP contribution < -0.4 is 21.9 Å². The maximum atomic E-state index is 12.9. The van der Waals surface area contributed by atoms with Crippen LogP contribution in [0.4, 0.5) is 11.6 Å². The number of amides is 1. The van der Waals surface area contributed by atoms with Crippen LogP contribution in [0.5, 0.6) is 0 Å². The first kappa shape index (κ1) is 20.4. The molecule has 4 rings (SSSR count). The van der Waals surface area contributed by atoms with Crippen LogP contribution in [0.15, 0.2) is 23.1 Å². The minimum Gasteiger partial charge on any atom is -0.384 e. The number of nitrogen functional groups attached to an aromatic ring is 1. The van der Waals surface area contributed by atoms with Crippen molar-refractivity contribution in [3.05, 3.63) is 45.6 Å². The molecule has 2 fully saturated rings. The SMILES string of the molecule is Cc1nc(N)ccc1CNC(=O)Cn1c(C)cnc(NCC(C2CC2)C2CC2)c1=O. The van der Waals surface area contributed by atoms with Gasteiger partial charge in [0.05, 0.1) is 0 Å². The number of carbonyl (C=O) groups excluding carboxylic acids is 1. The normalized spacial score (nSPS) is 16.0. The molecule has 8 heteroatoms. The molecule has 0 unspecified atom stereocenters. The molecule has 2 aliphatic carbocycles. The molecule has 0 aromatic carbocycles. The topological polar surface area (TPSA) is 115 Å². The zero-order valence-corrected chi connectivity index (χ0v) is 17.6. The number of rotatable bonds is 9. The first-order valence-corrected chi connectivity index (χ1v) is 10.7. The van der Waals surface area contributed by atoms with Gasteiger partial charge in [0.15, 0.2) is 5.82 Å². The lowest BCUT2D eigenvalue weighted by molar-refractivity contribution is -0.121. The fourth-order valence-corrected chi connectivity index (χ4v) is 4.06. The zero-order chi connectivity index (χ0) is 21.3. The summed E-state index contributed by atoms with van der Waals surface area (Å²) in [5, 5.41) is 6.13. The van der Waals surface area contributed by atoms with Crippen molar-refractivity contribution in [2.75, 3.05) is 17.6 Å². The van der Waals surface area contributed by atoms with Gasteiger partial charge in [-0.15, -0.1) is 0 Å². The quantitative estimate of drug-likeness (QED) is 0.582. The van der Waals surface area contributed by atoms with E-state index in [0.717, 1.165) is 29.6 Å². The molecule has 2 heterocycles. The number of hydrogen-bond donors (Lipinski definition) is 3. The third kappa shape index (κ3) is 4.80. The van der Waals surface area contributed by atoms with Crippen molar-refractivity contribution >= 4 is 17.5 Å². The highest BCUT2D eigenvalue weighted by Crippen LogP contribution is 2.49. The Morgan fingerprint density at radius 3 is 2.57 bits per heavy atom. The third-order valence-electron chi connectivity index (χ3n) is 6.21. The third-order valence-corrected chi connectivity index (χ3v) is 6.21. The molecule has 0 atom stereocenters. The van der Waals surface area contributed by atoms with Crippen molar-refractivity contribution in [3.8, 4) is 0 Å². The average Bonchev–Trinajstić information content (AvgIpc) is 3.60. The highest BCUT2D eigenvalue weighted by Gasteiger charge is 2.41. The predicted octanol–water partition coefficient (Wildman–Crippen LogP) is 2.00. The number of nitrogens with zero attached hydrogens (tertiary/aromatic N) is 3. The van der Waals surface area contributed by atoms with Crippen molar-refractivity contribution in [2.45, 2.75) is 52.6 Å². The van der Waals surface area contributed by atoms with Gasteiger partial charge >= 0.3 is 0 Å². The first-order valence-electron chi connectivity index (χ1n) is 10.7. The maximum Gasteiger partial charge on any atom is 0.293 e. The standard InChI is InChI=1S/C22H30N6O2/c1-13-9-25-21(26-11-18(15-3-4-15)16-5-6-16)22(30)28(13)12-20(29)24-10-17-7-8-19(23)27-14(17)2/h7-9,15-16,18H,3-6,10-12H2,1-2H3,(H2,23,27)(H,24,29)(H,25,26). The Bertz CT molecular complexity index is 982. The molecule has 0 spiro atoms. The van der Waals surface area contributed by atoms with Gasteiger partial charge in [0.1, 0.15) is 12.4 Å². The second-order valence-electron chi connectivity index (χ2n) is 8.62. The Labute approximate surface area is 176 Å². The highest BCUT2D eigenvalue weighted by molar-refractivity contribution is 5.75. The molecule has 160 valence electrons. The number of anilines is 2. The Morgan fingerprint density at radius 1 is 1.23 bits per heavy atom. The summed E-state index contributed by atoms with van der Waals surface area (Å²) in [5.74, 6) is 2.79. The van der Waals surface area contributed by atoms with Crippen LogP contribution in [0.25, 0.3) is 0 Å². The number of nitrogens with one attached hydrogen (secondary N) is 2. The largest absolute Gasteiger partial charge is 0.384 e. The number of pyridine rings is 1. The van der Waals surface area contributed by atoms with E-state index in [-0.39, 0.29) is 18.0 Å². The predicted molar refractivity (Wildman–Crippen MR) is 116 cm³/mol. The van der Waals surface area contributed by atoms with Gasteiger partial charge in [0.25, 0.3) is 5.56 Å². The summed E-state index contributed by atoms with van der Waals surface area (Å²) in [5.41, 5.74) is 7.75. The van der Waals surface area contributed by atoms with Crippen LogP contribution in [0.2, 0.25) is 0 Å². The summed E-state index contributed by atoms with van der Waals surface area (Å²) in [6, 6.07) is 3.56. The van der Waals surface area contributed by atoms with Crippen molar-refractivity contribution in [3.63, 3.8) is 0 Å². The minimum absolute atomic E-state index is 0.0437. The molecule has 0 bridgehead atoms. The van der Waals surface area contributed by atoms with Gasteiger partial charge in [0.2, 0.25) is 5.91 Å². The number of hydrogen-bond acceptors (Lipinski definition) is 6. The van der Waals surface area contributed by atoms with Crippen LogP contribution in [-0.4, -0.2) is 27.0 Å². The van der Waals surface area contributed by atoms with Crippen LogP contribution in [0.1, 0.15) is 42.6 Å². The molecule has 0 radical (unpaired) electrons. The molecule has 4 N–H and O–H groups in total. The minimum atomic E-state index is -0.249. The van der Waals surface area contributed by atoms with E-state index in [1.165, 1.54) is 30.3 Å². The van der Waals surface area contributed by atoms with E-state index in [1.807, 2.05) is 13.0 Å². The van der Waals surface area contributed by atoms with Gasteiger partial charge in [-0.3, -0.25) is 14.2 Å². The molecule has 30 heavy (non-hydrogen) atoms. The van der Waals surface area contributed by atoms with E-state index >= 15 is 0 Å². The van der Waals surface area contributed by atoms with Gasteiger partial charge in [-0.05, 0) is 68.9 Å². The summed E-state index contributed by atoms with van der Waals surface area (Å²) in [7, 11) is 0. The Hall–Kier alpha value is -2.90. The molecular formula is C22H30N6O2. The Morgan fingerprint density at radius 2 is 1.93 bits per heavy atom. The summed E-state index contributed by atoms with van der Waals surface area (Å²) in [4.78, 5) is 33.9. The van der Waals surface area contributed by atoms with E-state index in [9.17, 15) is 9.59 Å². The smallest absolute Gasteiger partial charge is 0.293 e. The number of carbonyl (C=O) groups is 1. The summed E-state index contributed by atoms with van der Waals surface area (Å²) < 4.78 is 1.47. The van der Waals surface area contributed by atoms with Gasteiger partial charge in [-0.1, -0.05) is 6.07 Å². The molecule has 2 aromatic heterocycles. The first-order chi connectivity index (χ1) is 14.4. The van der Waals surface area contributed by atoms with Crippen LogP contribution in [0.3, 0.4) is 0 Å². The van der Waals surface area contributed by atoms with E-state index < -0.39 is 0 Å². The monoisotopic (exact) mass is 410 g/mol. The van der Waals surface area contributed by atoms with Crippen molar-refractivity contribution in [2.24, 2.45) is 17.8 Å². The Kier molecular flexibility index (Phi) is 5.74. The van der Waals surface area contributed by atoms with Crippen LogP contribution >= 0.6 is 0 Å². The molecule has 2 aliphatic rings. The molecular weight excluding hydrogens is 380 g/mol. The molecule has 8 nitrogen and oxygen atoms in total. The second-order valence-corrected chi connectivity index (χ2v) is 8.62. The fourth-order valence-electron chi connectivity index (χ4n) is 4.06. The lowest BCUT2D eigenvalue weighted by Crippen LogP contribution is -2.35. The van der Waals surface area contributed by atoms with Gasteiger partial charge in [-0.2, -0.15) is 0 Å². The van der Waals surface area contributed by atoms with Gasteiger partial charge in [0, 0.05) is 30.7 Å². The van der Waals surface area contributed by atoms with Crippen molar-refractivity contribution < 1.29 is 4.79 Å². The number of aryl methyl sites for hydroxylation is 2. The lowest BCUT2D eigenvalue weighted by atomic mass is 9.98. The fraction of sp³-hybridized carbons (Fsp3) is 0.545. The van der Waals surface area contributed by atoms with E-state index in [4.69, 9.17) is 5.73 Å². The van der Waals surface area contributed by atoms with E-state index in [0.29, 0.717) is 29.8 Å². The van der Waals surface area contributed by atoms with Gasteiger partial charge < -0.3 is 16.4 Å². The highest BCUT2D eigenvalue weighted by atomic mass is 16.2. The van der Waals surface area contributed by atoms with Gasteiger partial charge in [-0.25, -0.2) is 9.97 Å². The average molecular weight is 411 g/mol. The summed E-state index contributed by atoms with van der Waals surface area (Å²) in [6.07, 6.45) is 6.86. The number of aromatic nitrogens is 3. The maximum absolute atomic E-state index is 12.9. The van der Waals surface area contributed by atoms with Crippen LogP contribution in [-0.2, 0) is 17.9 Å². The number of nitrogens with two attached hydrogens (primary N) is 1. The van der Waals surface area contributed by atoms with Crippen molar-refractivity contribution in [1.82, 2.24) is 19.9 Å². The molecule has 0 saturated heterocycles. The molecule has 2 saturated carbocycles.